The summed E-state index contributed by atoms with van der Waals surface area (Å²) in [6.45, 7) is 1.26. The van der Waals surface area contributed by atoms with Gasteiger partial charge in [0.1, 0.15) is 12.1 Å². The number of carbonyl (C=O) groups excluding carboxylic acids is 6. The normalized spacial score (nSPS) is 18.9. The van der Waals surface area contributed by atoms with Crippen LogP contribution in [0, 0.1) is 11.8 Å². The van der Waals surface area contributed by atoms with Crippen LogP contribution in [0.4, 0.5) is 0 Å². The molecule has 29 heavy (non-hydrogen) atoms. The summed E-state index contributed by atoms with van der Waals surface area (Å²) in [5.74, 6) is -4.42. The SMILES string of the molecule is CCCC(=O)C(CN1C(=O)C=C(SC)C1=O)C(C=O)CN1C(=O)C=C(SC)C1=O. The van der Waals surface area contributed by atoms with Crippen molar-refractivity contribution >= 4 is 59.2 Å². The van der Waals surface area contributed by atoms with E-state index in [0.717, 1.165) is 33.3 Å². The maximum atomic E-state index is 12.7. The second kappa shape index (κ2) is 10.0. The smallest absolute Gasteiger partial charge is 0.267 e. The fourth-order valence-electron chi connectivity index (χ4n) is 3.19. The van der Waals surface area contributed by atoms with Crippen LogP contribution in [0.25, 0.3) is 0 Å². The van der Waals surface area contributed by atoms with Crippen molar-refractivity contribution in [2.75, 3.05) is 25.6 Å². The number of hydrogen-bond acceptors (Lipinski definition) is 8. The van der Waals surface area contributed by atoms with E-state index in [2.05, 4.69) is 0 Å². The van der Waals surface area contributed by atoms with E-state index < -0.39 is 35.5 Å². The van der Waals surface area contributed by atoms with Crippen molar-refractivity contribution in [3.63, 3.8) is 0 Å². The highest BCUT2D eigenvalue weighted by Crippen LogP contribution is 2.28. The predicted molar refractivity (Wildman–Crippen MR) is 110 cm³/mol. The van der Waals surface area contributed by atoms with Crippen LogP contribution in [0.15, 0.2) is 22.0 Å². The maximum absolute atomic E-state index is 12.7. The van der Waals surface area contributed by atoms with Crippen molar-refractivity contribution in [3.05, 3.63) is 22.0 Å². The minimum atomic E-state index is -1.02. The summed E-state index contributed by atoms with van der Waals surface area (Å²) in [4.78, 5) is 76.0. The van der Waals surface area contributed by atoms with Gasteiger partial charge >= 0.3 is 0 Å². The molecule has 0 fully saturated rings. The largest absolute Gasteiger partial charge is 0.303 e. The second-order valence-corrected chi connectivity index (χ2v) is 8.25. The summed E-state index contributed by atoms with van der Waals surface area (Å²) in [5.41, 5.74) is 0. The maximum Gasteiger partial charge on any atom is 0.267 e. The molecule has 0 saturated carbocycles. The lowest BCUT2D eigenvalue weighted by atomic mass is 9.86. The number of ketones is 1. The Morgan fingerprint density at radius 1 is 0.966 bits per heavy atom. The Labute approximate surface area is 177 Å². The molecule has 8 nitrogen and oxygen atoms in total. The van der Waals surface area contributed by atoms with Crippen molar-refractivity contribution in [1.82, 2.24) is 9.80 Å². The topological polar surface area (TPSA) is 109 Å². The van der Waals surface area contributed by atoms with Gasteiger partial charge in [-0.05, 0) is 18.9 Å². The average molecular weight is 439 g/mol. The highest BCUT2D eigenvalue weighted by molar-refractivity contribution is 8.03. The van der Waals surface area contributed by atoms with E-state index in [9.17, 15) is 28.8 Å². The van der Waals surface area contributed by atoms with E-state index in [1.54, 1.807) is 19.4 Å². The molecule has 2 rings (SSSR count). The fourth-order valence-corrected chi connectivity index (χ4v) is 4.20. The molecule has 0 aromatic carbocycles. The summed E-state index contributed by atoms with van der Waals surface area (Å²) >= 11 is 2.25. The molecule has 0 N–H and O–H groups in total. The van der Waals surface area contributed by atoms with E-state index in [1.807, 2.05) is 0 Å². The molecule has 0 aromatic rings. The Hall–Kier alpha value is -2.20. The molecule has 0 spiro atoms. The van der Waals surface area contributed by atoms with Gasteiger partial charge in [-0.1, -0.05) is 6.92 Å². The van der Waals surface area contributed by atoms with Gasteiger partial charge in [0.15, 0.2) is 0 Å². The van der Waals surface area contributed by atoms with E-state index in [4.69, 9.17) is 0 Å². The summed E-state index contributed by atoms with van der Waals surface area (Å²) in [5, 5.41) is 0. The molecule has 156 valence electrons. The fraction of sp³-hybridized carbons (Fsp3) is 0.474. The molecule has 10 heteroatoms. The monoisotopic (exact) mass is 438 g/mol. The molecule has 0 bridgehead atoms. The van der Waals surface area contributed by atoms with E-state index in [-0.39, 0.29) is 35.1 Å². The third kappa shape index (κ3) is 4.87. The van der Waals surface area contributed by atoms with Gasteiger partial charge in [-0.3, -0.25) is 33.8 Å². The van der Waals surface area contributed by atoms with Gasteiger partial charge in [0.05, 0.1) is 9.81 Å². The molecule has 0 radical (unpaired) electrons. The highest BCUT2D eigenvalue weighted by Gasteiger charge is 2.40. The molecule has 2 heterocycles. The molecule has 0 aromatic heterocycles. The van der Waals surface area contributed by atoms with E-state index in [1.165, 1.54) is 12.2 Å². The zero-order valence-corrected chi connectivity index (χ0v) is 18.0. The number of nitrogens with zero attached hydrogens (tertiary/aromatic N) is 2. The van der Waals surface area contributed by atoms with Crippen LogP contribution < -0.4 is 0 Å². The van der Waals surface area contributed by atoms with Crippen LogP contribution >= 0.6 is 23.5 Å². The van der Waals surface area contributed by atoms with Crippen LogP contribution in [0.3, 0.4) is 0 Å². The Morgan fingerprint density at radius 3 is 1.83 bits per heavy atom. The van der Waals surface area contributed by atoms with Crippen molar-refractivity contribution in [1.29, 1.82) is 0 Å². The van der Waals surface area contributed by atoms with Gasteiger partial charge in [0, 0.05) is 43.5 Å². The van der Waals surface area contributed by atoms with Crippen LogP contribution in [-0.4, -0.2) is 71.1 Å². The standard InChI is InChI=1S/C19H22N2O6S2/c1-4-5-13(23)12(9-21-17(25)7-15(29-3)19(21)27)11(10-22)8-20-16(24)6-14(28-2)18(20)26/h6-7,10-12H,4-5,8-9H2,1-3H3. The molecule has 2 unspecified atom stereocenters. The zero-order valence-electron chi connectivity index (χ0n) is 16.4. The van der Waals surface area contributed by atoms with Gasteiger partial charge in [0.2, 0.25) is 0 Å². The minimum Gasteiger partial charge on any atom is -0.303 e. The number of hydrogen-bond donors (Lipinski definition) is 0. The molecule has 2 aliphatic rings. The number of rotatable bonds is 11. The second-order valence-electron chi connectivity index (χ2n) is 6.56. The lowest BCUT2D eigenvalue weighted by molar-refractivity contribution is -0.144. The number of Topliss-reactive ketones (excluding diaryl/α,β-unsaturated/α-hetero) is 1. The van der Waals surface area contributed by atoms with Crippen molar-refractivity contribution < 1.29 is 28.8 Å². The number of carbonyl (C=O) groups is 6. The number of imide groups is 2. The number of amides is 4. The molecular weight excluding hydrogens is 416 g/mol. The van der Waals surface area contributed by atoms with E-state index in [0.29, 0.717) is 12.7 Å². The Morgan fingerprint density at radius 2 is 1.45 bits per heavy atom. The van der Waals surface area contributed by atoms with Gasteiger partial charge in [0.25, 0.3) is 23.6 Å². The predicted octanol–water partition coefficient (Wildman–Crippen LogP) is 1.02. The third-order valence-corrected chi connectivity index (χ3v) is 6.23. The van der Waals surface area contributed by atoms with Gasteiger partial charge in [-0.15, -0.1) is 23.5 Å². The molecule has 2 aliphatic heterocycles. The first-order valence-electron chi connectivity index (χ1n) is 9.00. The van der Waals surface area contributed by atoms with Crippen molar-refractivity contribution in [2.45, 2.75) is 19.8 Å². The van der Waals surface area contributed by atoms with Gasteiger partial charge in [-0.25, -0.2) is 0 Å². The van der Waals surface area contributed by atoms with Crippen LogP contribution in [0.1, 0.15) is 19.8 Å². The van der Waals surface area contributed by atoms with Crippen LogP contribution in [0.2, 0.25) is 0 Å². The number of thioether (sulfide) groups is 2. The van der Waals surface area contributed by atoms with Gasteiger partial charge in [-0.2, -0.15) is 0 Å². The molecular formula is C19H22N2O6S2. The highest BCUT2D eigenvalue weighted by atomic mass is 32.2. The van der Waals surface area contributed by atoms with Crippen LogP contribution in [-0.2, 0) is 28.8 Å². The Kier molecular flexibility index (Phi) is 7.97. The molecule has 0 saturated heterocycles. The first-order valence-corrected chi connectivity index (χ1v) is 11.4. The molecule has 4 amide bonds. The quantitative estimate of drug-likeness (QED) is 0.347. The summed E-state index contributed by atoms with van der Waals surface area (Å²) in [7, 11) is 0. The summed E-state index contributed by atoms with van der Waals surface area (Å²) < 4.78 is 0. The average Bonchev–Trinajstić information content (AvgIpc) is 3.13. The minimum absolute atomic E-state index is 0.157. The van der Waals surface area contributed by atoms with Crippen molar-refractivity contribution in [2.24, 2.45) is 11.8 Å². The molecule has 2 atom stereocenters. The van der Waals surface area contributed by atoms with E-state index >= 15 is 0 Å². The van der Waals surface area contributed by atoms with Gasteiger partial charge < -0.3 is 4.79 Å². The third-order valence-electron chi connectivity index (χ3n) is 4.77. The summed E-state index contributed by atoms with van der Waals surface area (Å²) in [6.07, 6.45) is 6.92. The van der Waals surface area contributed by atoms with Crippen LogP contribution in [0.5, 0.6) is 0 Å². The number of aldehydes is 1. The first kappa shape index (κ1) is 23.1. The Balaban J connectivity index is 2.24. The lowest BCUT2D eigenvalue weighted by Gasteiger charge is -2.28. The lowest BCUT2D eigenvalue weighted by Crippen LogP contribution is -2.45. The first-order chi connectivity index (χ1) is 13.8. The summed E-state index contributed by atoms with van der Waals surface area (Å²) in [6, 6.07) is 0. The van der Waals surface area contributed by atoms with Crippen molar-refractivity contribution in [3.8, 4) is 0 Å². The zero-order chi connectivity index (χ0) is 21.7. The molecule has 0 aliphatic carbocycles. The Bertz CT molecular complexity index is 820.